The molecule has 94 valence electrons. The van der Waals surface area contributed by atoms with E-state index in [1.54, 1.807) is 0 Å². The molecule has 2 atom stereocenters. The average Bonchev–Trinajstić information content (AvgIpc) is 2.58. The number of rotatable bonds is 2. The second kappa shape index (κ2) is 6.23. The molecule has 2 unspecified atom stereocenters. The molecule has 2 aliphatic rings. The van der Waals surface area contributed by atoms with E-state index in [1.165, 1.54) is 38.5 Å². The van der Waals surface area contributed by atoms with Crippen LogP contribution in [0.5, 0.6) is 0 Å². The van der Waals surface area contributed by atoms with Gasteiger partial charge in [0.2, 0.25) is 0 Å². The lowest BCUT2D eigenvalue weighted by molar-refractivity contribution is -0.0665. The van der Waals surface area contributed by atoms with Crippen molar-refractivity contribution in [3.05, 3.63) is 0 Å². The zero-order valence-electron chi connectivity index (χ0n) is 10.3. The van der Waals surface area contributed by atoms with Crippen molar-refractivity contribution >= 4 is 11.6 Å². The van der Waals surface area contributed by atoms with E-state index in [9.17, 15) is 0 Å². The predicted molar refractivity (Wildman–Crippen MR) is 68.1 cm³/mol. The SMILES string of the molecule is CC1COC(CCl)CN1C1CCCCCC1. The first-order chi connectivity index (χ1) is 7.81. The third kappa shape index (κ3) is 3.12. The van der Waals surface area contributed by atoms with Crippen LogP contribution in [-0.4, -0.2) is 42.1 Å². The van der Waals surface area contributed by atoms with E-state index >= 15 is 0 Å². The first kappa shape index (κ1) is 12.7. The number of hydrogen-bond donors (Lipinski definition) is 0. The fourth-order valence-electron chi connectivity index (χ4n) is 3.03. The van der Waals surface area contributed by atoms with Gasteiger partial charge in [0.1, 0.15) is 0 Å². The summed E-state index contributed by atoms with van der Waals surface area (Å²) in [6, 6.07) is 1.36. The molecule has 2 fully saturated rings. The zero-order chi connectivity index (χ0) is 11.4. The maximum atomic E-state index is 5.91. The predicted octanol–water partition coefficient (Wildman–Crippen LogP) is 3.04. The van der Waals surface area contributed by atoms with Gasteiger partial charge in [-0.15, -0.1) is 11.6 Å². The van der Waals surface area contributed by atoms with Crippen molar-refractivity contribution in [2.75, 3.05) is 19.0 Å². The first-order valence-corrected chi connectivity index (χ1v) is 7.28. The molecule has 0 aromatic carbocycles. The summed E-state index contributed by atoms with van der Waals surface area (Å²) in [7, 11) is 0. The van der Waals surface area contributed by atoms with Crippen LogP contribution in [0.4, 0.5) is 0 Å². The highest BCUT2D eigenvalue weighted by Gasteiger charge is 2.30. The second-order valence-electron chi connectivity index (χ2n) is 5.30. The number of alkyl halides is 1. The zero-order valence-corrected chi connectivity index (χ0v) is 11.1. The summed E-state index contributed by atoms with van der Waals surface area (Å²) in [6.07, 6.45) is 8.66. The highest BCUT2D eigenvalue weighted by molar-refractivity contribution is 6.18. The van der Waals surface area contributed by atoms with Crippen LogP contribution in [0.15, 0.2) is 0 Å². The Hall–Kier alpha value is 0.210. The Bertz CT molecular complexity index is 204. The molecule has 1 heterocycles. The molecule has 2 rings (SSSR count). The third-order valence-electron chi connectivity index (χ3n) is 4.02. The summed E-state index contributed by atoms with van der Waals surface area (Å²) >= 11 is 5.91. The van der Waals surface area contributed by atoms with Crippen LogP contribution in [0, 0.1) is 0 Å². The van der Waals surface area contributed by atoms with Gasteiger partial charge in [0.05, 0.1) is 12.7 Å². The lowest BCUT2D eigenvalue weighted by Gasteiger charge is -2.42. The Balaban J connectivity index is 1.93. The van der Waals surface area contributed by atoms with Gasteiger partial charge in [-0.05, 0) is 19.8 Å². The molecule has 0 N–H and O–H groups in total. The maximum Gasteiger partial charge on any atom is 0.0838 e. The smallest absolute Gasteiger partial charge is 0.0838 e. The van der Waals surface area contributed by atoms with Gasteiger partial charge in [0.15, 0.2) is 0 Å². The largest absolute Gasteiger partial charge is 0.374 e. The maximum absolute atomic E-state index is 5.91. The molecule has 0 aromatic heterocycles. The molecular formula is C13H24ClNO. The van der Waals surface area contributed by atoms with Crippen LogP contribution in [0.3, 0.4) is 0 Å². The Kier molecular flexibility index (Phi) is 4.93. The van der Waals surface area contributed by atoms with Gasteiger partial charge in [0.25, 0.3) is 0 Å². The summed E-state index contributed by atoms with van der Waals surface area (Å²) in [4.78, 5) is 2.65. The average molecular weight is 246 g/mol. The van der Waals surface area contributed by atoms with E-state index in [4.69, 9.17) is 16.3 Å². The molecule has 0 amide bonds. The van der Waals surface area contributed by atoms with Gasteiger partial charge in [-0.3, -0.25) is 4.90 Å². The summed E-state index contributed by atoms with van der Waals surface area (Å²) < 4.78 is 5.72. The molecule has 3 heteroatoms. The lowest BCUT2D eigenvalue weighted by atomic mass is 10.0. The standard InChI is InChI=1S/C13H24ClNO/c1-11-10-16-13(8-14)9-15(11)12-6-4-2-3-5-7-12/h11-13H,2-10H2,1H3. The molecule has 16 heavy (non-hydrogen) atoms. The Morgan fingerprint density at radius 3 is 2.50 bits per heavy atom. The number of halogens is 1. The van der Waals surface area contributed by atoms with Crippen LogP contribution in [0.25, 0.3) is 0 Å². The van der Waals surface area contributed by atoms with Crippen molar-refractivity contribution in [3.63, 3.8) is 0 Å². The van der Waals surface area contributed by atoms with Crippen molar-refractivity contribution in [1.82, 2.24) is 4.90 Å². The fourth-order valence-corrected chi connectivity index (χ4v) is 3.22. The molecule has 0 bridgehead atoms. The first-order valence-electron chi connectivity index (χ1n) is 6.74. The normalized spacial score (nSPS) is 34.9. The van der Waals surface area contributed by atoms with Crippen LogP contribution in [0.2, 0.25) is 0 Å². The van der Waals surface area contributed by atoms with Gasteiger partial charge in [-0.2, -0.15) is 0 Å². The van der Waals surface area contributed by atoms with Crippen molar-refractivity contribution in [3.8, 4) is 0 Å². The highest BCUT2D eigenvalue weighted by Crippen LogP contribution is 2.26. The van der Waals surface area contributed by atoms with E-state index in [0.717, 1.165) is 19.2 Å². The van der Waals surface area contributed by atoms with Gasteiger partial charge in [0, 0.05) is 24.5 Å². The van der Waals surface area contributed by atoms with Crippen LogP contribution >= 0.6 is 11.6 Å². The van der Waals surface area contributed by atoms with Crippen LogP contribution in [0.1, 0.15) is 45.4 Å². The fraction of sp³-hybridized carbons (Fsp3) is 1.00. The van der Waals surface area contributed by atoms with Crippen molar-refractivity contribution in [2.24, 2.45) is 0 Å². The molecule has 1 saturated heterocycles. The van der Waals surface area contributed by atoms with E-state index in [-0.39, 0.29) is 6.10 Å². The van der Waals surface area contributed by atoms with Gasteiger partial charge in [-0.25, -0.2) is 0 Å². The van der Waals surface area contributed by atoms with Crippen molar-refractivity contribution < 1.29 is 4.74 Å². The second-order valence-corrected chi connectivity index (χ2v) is 5.61. The minimum atomic E-state index is 0.251. The van der Waals surface area contributed by atoms with E-state index < -0.39 is 0 Å². The van der Waals surface area contributed by atoms with Gasteiger partial charge >= 0.3 is 0 Å². The van der Waals surface area contributed by atoms with Gasteiger partial charge < -0.3 is 4.74 Å². The molecular weight excluding hydrogens is 222 g/mol. The van der Waals surface area contributed by atoms with Crippen molar-refractivity contribution in [1.29, 1.82) is 0 Å². The Morgan fingerprint density at radius 1 is 1.19 bits per heavy atom. The lowest BCUT2D eigenvalue weighted by Crippen LogP contribution is -2.53. The number of nitrogens with zero attached hydrogens (tertiary/aromatic N) is 1. The summed E-state index contributed by atoms with van der Waals surface area (Å²) in [5.41, 5.74) is 0. The minimum Gasteiger partial charge on any atom is -0.374 e. The van der Waals surface area contributed by atoms with Crippen molar-refractivity contribution in [2.45, 2.75) is 63.6 Å². The summed E-state index contributed by atoms with van der Waals surface area (Å²) in [5, 5.41) is 0. The van der Waals surface area contributed by atoms with E-state index in [2.05, 4.69) is 11.8 Å². The van der Waals surface area contributed by atoms with Crippen LogP contribution < -0.4 is 0 Å². The van der Waals surface area contributed by atoms with E-state index in [1.807, 2.05) is 0 Å². The molecule has 0 aromatic rings. The minimum absolute atomic E-state index is 0.251. The Morgan fingerprint density at radius 2 is 1.88 bits per heavy atom. The highest BCUT2D eigenvalue weighted by atomic mass is 35.5. The molecule has 0 spiro atoms. The molecule has 1 aliphatic heterocycles. The third-order valence-corrected chi connectivity index (χ3v) is 4.36. The summed E-state index contributed by atoms with van der Waals surface area (Å²) in [5.74, 6) is 0.635. The molecule has 1 saturated carbocycles. The molecule has 2 nitrogen and oxygen atoms in total. The number of hydrogen-bond acceptors (Lipinski definition) is 2. The number of ether oxygens (including phenoxy) is 1. The monoisotopic (exact) mass is 245 g/mol. The molecule has 0 radical (unpaired) electrons. The topological polar surface area (TPSA) is 12.5 Å². The van der Waals surface area contributed by atoms with Gasteiger partial charge in [-0.1, -0.05) is 25.7 Å². The van der Waals surface area contributed by atoms with Crippen LogP contribution in [-0.2, 0) is 4.74 Å². The van der Waals surface area contributed by atoms with E-state index in [0.29, 0.717) is 11.9 Å². The molecule has 1 aliphatic carbocycles. The quantitative estimate of drug-likeness (QED) is 0.548. The number of morpholine rings is 1. The Labute approximate surface area is 104 Å². The summed E-state index contributed by atoms with van der Waals surface area (Å²) in [6.45, 7) is 4.18.